The molecule has 5 nitrogen and oxygen atoms in total. The lowest BCUT2D eigenvalue weighted by atomic mass is 9.93. The van der Waals surface area contributed by atoms with E-state index in [0.717, 1.165) is 0 Å². The largest absolute Gasteiger partial charge is 0.265 e. The normalized spacial score (nSPS) is 11.7. The van der Waals surface area contributed by atoms with Crippen molar-refractivity contribution in [2.75, 3.05) is 6.54 Å². The van der Waals surface area contributed by atoms with Gasteiger partial charge in [0.05, 0.1) is 18.1 Å². The standard InChI is InChI=1S/C9H7N3O2S/c10-4-7(5-11)8(6-12(13)14)9-2-1-3-15-9/h1-3,7-8H,6H2. The third kappa shape index (κ3) is 2.76. The predicted octanol–water partition coefficient (Wildman–Crippen LogP) is 1.77. The molecule has 0 N–H and O–H groups in total. The second-order valence-electron chi connectivity index (χ2n) is 2.87. The topological polar surface area (TPSA) is 90.7 Å². The summed E-state index contributed by atoms with van der Waals surface area (Å²) in [7, 11) is 0. The van der Waals surface area contributed by atoms with E-state index in [4.69, 9.17) is 10.5 Å². The van der Waals surface area contributed by atoms with E-state index in [1.54, 1.807) is 29.7 Å². The molecule has 1 aromatic heterocycles. The molecule has 1 rings (SSSR count). The van der Waals surface area contributed by atoms with E-state index in [2.05, 4.69) is 0 Å². The van der Waals surface area contributed by atoms with Crippen LogP contribution in [0.25, 0.3) is 0 Å². The summed E-state index contributed by atoms with van der Waals surface area (Å²) in [5.41, 5.74) is 0. The SMILES string of the molecule is N#CC(C#N)C(C[N+](=O)[O-])c1cccs1. The van der Waals surface area contributed by atoms with Crippen molar-refractivity contribution in [3.8, 4) is 12.1 Å². The minimum atomic E-state index is -0.964. The van der Waals surface area contributed by atoms with Gasteiger partial charge in [-0.05, 0) is 11.4 Å². The van der Waals surface area contributed by atoms with Gasteiger partial charge in [0.1, 0.15) is 5.92 Å². The van der Waals surface area contributed by atoms with E-state index in [1.165, 1.54) is 11.3 Å². The van der Waals surface area contributed by atoms with E-state index in [0.29, 0.717) is 4.88 Å². The Morgan fingerprint density at radius 2 is 2.20 bits per heavy atom. The Kier molecular flexibility index (Phi) is 3.78. The van der Waals surface area contributed by atoms with Crippen molar-refractivity contribution in [2.45, 2.75) is 5.92 Å². The summed E-state index contributed by atoms with van der Waals surface area (Å²) in [5, 5.41) is 29.6. The Hall–Kier alpha value is -1.92. The van der Waals surface area contributed by atoms with Crippen LogP contribution >= 0.6 is 11.3 Å². The minimum absolute atomic E-state index is 0.383. The lowest BCUT2D eigenvalue weighted by molar-refractivity contribution is -0.484. The molecule has 0 aromatic carbocycles. The van der Waals surface area contributed by atoms with Crippen LogP contribution in [0.2, 0.25) is 0 Å². The molecule has 0 saturated heterocycles. The van der Waals surface area contributed by atoms with Gasteiger partial charge in [-0.15, -0.1) is 11.3 Å². The summed E-state index contributed by atoms with van der Waals surface area (Å²) in [5.74, 6) is -1.59. The second-order valence-corrected chi connectivity index (χ2v) is 3.85. The van der Waals surface area contributed by atoms with Gasteiger partial charge in [-0.25, -0.2) is 0 Å². The van der Waals surface area contributed by atoms with Gasteiger partial charge in [0.15, 0.2) is 0 Å². The van der Waals surface area contributed by atoms with Crippen LogP contribution in [0.4, 0.5) is 0 Å². The van der Waals surface area contributed by atoms with Crippen molar-refractivity contribution in [1.82, 2.24) is 0 Å². The fraction of sp³-hybridized carbons (Fsp3) is 0.333. The molecule has 0 aliphatic heterocycles. The molecule has 0 saturated carbocycles. The molecule has 0 spiro atoms. The molecule has 6 heteroatoms. The van der Waals surface area contributed by atoms with Gasteiger partial charge < -0.3 is 0 Å². The van der Waals surface area contributed by atoms with Crippen LogP contribution in [-0.2, 0) is 0 Å². The van der Waals surface area contributed by atoms with Gasteiger partial charge in [-0.2, -0.15) is 10.5 Å². The fourth-order valence-electron chi connectivity index (χ4n) is 1.23. The van der Waals surface area contributed by atoms with Crippen LogP contribution in [-0.4, -0.2) is 11.5 Å². The van der Waals surface area contributed by atoms with E-state index < -0.39 is 16.8 Å². The highest BCUT2D eigenvalue weighted by atomic mass is 32.1. The summed E-state index contributed by atoms with van der Waals surface area (Å²) < 4.78 is 0. The molecule has 1 aromatic rings. The number of nitro groups is 1. The molecule has 15 heavy (non-hydrogen) atoms. The number of hydrogen-bond donors (Lipinski definition) is 0. The lowest BCUT2D eigenvalue weighted by Gasteiger charge is -2.10. The minimum Gasteiger partial charge on any atom is -0.265 e. The zero-order chi connectivity index (χ0) is 11.3. The number of nitrogens with zero attached hydrogens (tertiary/aromatic N) is 3. The van der Waals surface area contributed by atoms with Crippen molar-refractivity contribution >= 4 is 11.3 Å². The molecule has 1 heterocycles. The molecule has 0 bridgehead atoms. The Morgan fingerprint density at radius 3 is 2.60 bits per heavy atom. The highest BCUT2D eigenvalue weighted by Gasteiger charge is 2.28. The number of rotatable bonds is 4. The molecular formula is C9H7N3O2S. The van der Waals surface area contributed by atoms with Gasteiger partial charge in [0.2, 0.25) is 6.54 Å². The highest BCUT2D eigenvalue weighted by Crippen LogP contribution is 2.28. The first-order valence-corrected chi connectivity index (χ1v) is 5.01. The maximum atomic E-state index is 10.4. The monoisotopic (exact) mass is 221 g/mol. The molecule has 76 valence electrons. The van der Waals surface area contributed by atoms with Crippen LogP contribution < -0.4 is 0 Å². The summed E-state index contributed by atoms with van der Waals surface area (Å²) >= 11 is 1.33. The Bertz CT molecular complexity index is 402. The van der Waals surface area contributed by atoms with Gasteiger partial charge in [0.25, 0.3) is 0 Å². The fourth-order valence-corrected chi connectivity index (χ4v) is 2.09. The molecule has 0 amide bonds. The summed E-state index contributed by atoms with van der Waals surface area (Å²) in [6, 6.07) is 7.03. The number of thiophene rings is 1. The Morgan fingerprint density at radius 1 is 1.53 bits per heavy atom. The van der Waals surface area contributed by atoms with Crippen molar-refractivity contribution < 1.29 is 4.92 Å². The zero-order valence-corrected chi connectivity index (χ0v) is 8.48. The molecule has 1 unspecified atom stereocenters. The average molecular weight is 221 g/mol. The average Bonchev–Trinajstić information content (AvgIpc) is 2.70. The van der Waals surface area contributed by atoms with Gasteiger partial charge >= 0.3 is 0 Å². The first-order chi connectivity index (χ1) is 7.19. The first kappa shape index (κ1) is 11.2. The van der Waals surface area contributed by atoms with Crippen LogP contribution in [0, 0.1) is 38.7 Å². The Labute approximate surface area is 90.3 Å². The first-order valence-electron chi connectivity index (χ1n) is 4.13. The van der Waals surface area contributed by atoms with Gasteiger partial charge in [-0.1, -0.05) is 6.07 Å². The van der Waals surface area contributed by atoms with E-state index in [1.807, 2.05) is 0 Å². The van der Waals surface area contributed by atoms with E-state index in [-0.39, 0.29) is 6.54 Å². The maximum absolute atomic E-state index is 10.4. The quantitative estimate of drug-likeness (QED) is 0.572. The lowest BCUT2D eigenvalue weighted by Crippen LogP contribution is -2.18. The van der Waals surface area contributed by atoms with Gasteiger partial charge in [0, 0.05) is 9.80 Å². The smallest absolute Gasteiger partial charge is 0.213 e. The summed E-state index contributed by atoms with van der Waals surface area (Å²) in [4.78, 5) is 10.6. The third-order valence-electron chi connectivity index (χ3n) is 1.93. The van der Waals surface area contributed by atoms with Crippen LogP contribution in [0.5, 0.6) is 0 Å². The maximum Gasteiger partial charge on any atom is 0.213 e. The number of nitriles is 2. The van der Waals surface area contributed by atoms with Crippen LogP contribution in [0.15, 0.2) is 17.5 Å². The van der Waals surface area contributed by atoms with E-state index in [9.17, 15) is 10.1 Å². The molecule has 1 atom stereocenters. The van der Waals surface area contributed by atoms with Gasteiger partial charge in [-0.3, -0.25) is 10.1 Å². The second kappa shape index (κ2) is 5.08. The molecule has 0 aliphatic rings. The molecule has 0 radical (unpaired) electrons. The van der Waals surface area contributed by atoms with Crippen LogP contribution in [0.1, 0.15) is 10.8 Å². The van der Waals surface area contributed by atoms with Crippen LogP contribution in [0.3, 0.4) is 0 Å². The van der Waals surface area contributed by atoms with Crippen molar-refractivity contribution in [1.29, 1.82) is 10.5 Å². The third-order valence-corrected chi connectivity index (χ3v) is 2.94. The predicted molar refractivity (Wildman–Crippen MR) is 53.6 cm³/mol. The molecular weight excluding hydrogens is 214 g/mol. The molecule has 0 fully saturated rings. The number of hydrogen-bond acceptors (Lipinski definition) is 5. The zero-order valence-electron chi connectivity index (χ0n) is 7.66. The summed E-state index contributed by atoms with van der Waals surface area (Å²) in [6.07, 6.45) is 0. The molecule has 0 aliphatic carbocycles. The summed E-state index contributed by atoms with van der Waals surface area (Å²) in [6.45, 7) is -0.383. The van der Waals surface area contributed by atoms with Crippen molar-refractivity contribution in [2.24, 2.45) is 5.92 Å². The van der Waals surface area contributed by atoms with E-state index >= 15 is 0 Å². The van der Waals surface area contributed by atoms with Crippen molar-refractivity contribution in [3.05, 3.63) is 32.5 Å². The van der Waals surface area contributed by atoms with Crippen molar-refractivity contribution in [3.63, 3.8) is 0 Å². The Balaban J connectivity index is 2.94. The highest BCUT2D eigenvalue weighted by molar-refractivity contribution is 7.10.